The van der Waals surface area contributed by atoms with Crippen molar-refractivity contribution in [2.75, 3.05) is 31.2 Å². The van der Waals surface area contributed by atoms with Crippen molar-refractivity contribution in [2.24, 2.45) is 5.92 Å². The van der Waals surface area contributed by atoms with Crippen molar-refractivity contribution < 1.29 is 9.90 Å². The molecule has 3 N–H and O–H groups in total. The lowest BCUT2D eigenvalue weighted by Crippen LogP contribution is -2.49. The Balaban J connectivity index is 2.05. The van der Waals surface area contributed by atoms with Gasteiger partial charge in [-0.3, -0.25) is 4.79 Å². The summed E-state index contributed by atoms with van der Waals surface area (Å²) in [6.07, 6.45) is 1.90. The van der Waals surface area contributed by atoms with E-state index in [1.165, 1.54) is 0 Å². The second kappa shape index (κ2) is 7.92. The van der Waals surface area contributed by atoms with Crippen LogP contribution < -0.4 is 10.6 Å². The number of thioether (sulfide) groups is 1. The molecule has 2 atom stereocenters. The number of nitrogens with one attached hydrogen (secondary N) is 2. The molecule has 4 nitrogen and oxygen atoms in total. The predicted molar refractivity (Wildman–Crippen MR) is 67.6 cm³/mol. The minimum absolute atomic E-state index is 0.0194. The van der Waals surface area contributed by atoms with E-state index in [2.05, 4.69) is 10.6 Å². The van der Waals surface area contributed by atoms with Gasteiger partial charge in [-0.1, -0.05) is 6.92 Å². The van der Waals surface area contributed by atoms with Gasteiger partial charge in [-0.15, -0.1) is 0 Å². The average Bonchev–Trinajstić information content (AvgIpc) is 2.35. The van der Waals surface area contributed by atoms with Crippen molar-refractivity contribution in [3.63, 3.8) is 0 Å². The Kier molecular flexibility index (Phi) is 6.84. The van der Waals surface area contributed by atoms with Gasteiger partial charge in [0.25, 0.3) is 0 Å². The number of amides is 1. The molecule has 0 saturated carbocycles. The lowest BCUT2D eigenvalue weighted by molar-refractivity contribution is -0.122. The van der Waals surface area contributed by atoms with Crippen LogP contribution in [0.5, 0.6) is 0 Å². The summed E-state index contributed by atoms with van der Waals surface area (Å²) < 4.78 is 0. The van der Waals surface area contributed by atoms with Crippen LogP contribution in [-0.2, 0) is 4.79 Å². The van der Waals surface area contributed by atoms with Gasteiger partial charge < -0.3 is 15.7 Å². The molecule has 0 aliphatic carbocycles. The molecule has 94 valence electrons. The van der Waals surface area contributed by atoms with E-state index < -0.39 is 0 Å². The standard InChI is InChI=1S/C11H22N2O2S/c1-9(7-14)3-2-4-13-11(15)10-8-16-6-5-12-10/h9-10,12,14H,2-8H2,1H3,(H,13,15). The topological polar surface area (TPSA) is 61.4 Å². The molecule has 1 aliphatic rings. The number of rotatable bonds is 6. The Morgan fingerprint density at radius 1 is 1.69 bits per heavy atom. The first-order valence-electron chi connectivity index (χ1n) is 5.93. The van der Waals surface area contributed by atoms with E-state index in [-0.39, 0.29) is 18.6 Å². The van der Waals surface area contributed by atoms with E-state index in [4.69, 9.17) is 5.11 Å². The van der Waals surface area contributed by atoms with Crippen LogP contribution in [0.2, 0.25) is 0 Å². The fourth-order valence-corrected chi connectivity index (χ4v) is 2.54. The lowest BCUT2D eigenvalue weighted by Gasteiger charge is -2.22. The normalized spacial score (nSPS) is 22.8. The van der Waals surface area contributed by atoms with E-state index in [1.807, 2.05) is 18.7 Å². The smallest absolute Gasteiger partial charge is 0.237 e. The van der Waals surface area contributed by atoms with Crippen molar-refractivity contribution in [1.82, 2.24) is 10.6 Å². The minimum Gasteiger partial charge on any atom is -0.396 e. The summed E-state index contributed by atoms with van der Waals surface area (Å²) in [5.74, 6) is 2.42. The van der Waals surface area contributed by atoms with Crippen LogP contribution >= 0.6 is 11.8 Å². The molecule has 16 heavy (non-hydrogen) atoms. The van der Waals surface area contributed by atoms with Gasteiger partial charge in [0.05, 0.1) is 6.04 Å². The van der Waals surface area contributed by atoms with Crippen LogP contribution in [0.4, 0.5) is 0 Å². The van der Waals surface area contributed by atoms with Gasteiger partial charge in [-0.2, -0.15) is 11.8 Å². The number of aliphatic hydroxyl groups is 1. The maximum Gasteiger partial charge on any atom is 0.237 e. The summed E-state index contributed by atoms with van der Waals surface area (Å²) in [6.45, 7) is 3.88. The van der Waals surface area contributed by atoms with E-state index in [0.29, 0.717) is 12.5 Å². The molecule has 0 spiro atoms. The maximum absolute atomic E-state index is 11.7. The van der Waals surface area contributed by atoms with E-state index in [0.717, 1.165) is 30.9 Å². The summed E-state index contributed by atoms with van der Waals surface area (Å²) in [5.41, 5.74) is 0. The Labute approximate surface area is 102 Å². The molecule has 1 saturated heterocycles. The highest BCUT2D eigenvalue weighted by Crippen LogP contribution is 2.07. The average molecular weight is 246 g/mol. The zero-order chi connectivity index (χ0) is 11.8. The molecule has 0 aromatic carbocycles. The van der Waals surface area contributed by atoms with Gasteiger partial charge >= 0.3 is 0 Å². The van der Waals surface area contributed by atoms with Gasteiger partial charge in [-0.25, -0.2) is 0 Å². The molecular weight excluding hydrogens is 224 g/mol. The molecule has 0 bridgehead atoms. The maximum atomic E-state index is 11.7. The fourth-order valence-electron chi connectivity index (χ4n) is 1.61. The quantitative estimate of drug-likeness (QED) is 0.587. The number of carbonyl (C=O) groups is 1. The van der Waals surface area contributed by atoms with Gasteiger partial charge in [0.15, 0.2) is 0 Å². The van der Waals surface area contributed by atoms with Crippen LogP contribution in [0.15, 0.2) is 0 Å². The third-order valence-corrected chi connectivity index (χ3v) is 3.78. The molecule has 5 heteroatoms. The third-order valence-electron chi connectivity index (χ3n) is 2.72. The first-order chi connectivity index (χ1) is 7.74. The van der Waals surface area contributed by atoms with Crippen molar-refractivity contribution in [3.8, 4) is 0 Å². The molecule has 1 heterocycles. The van der Waals surface area contributed by atoms with Crippen LogP contribution in [-0.4, -0.2) is 48.3 Å². The Bertz CT molecular complexity index is 208. The predicted octanol–water partition coefficient (Wildman–Crippen LogP) is 0.216. The first-order valence-corrected chi connectivity index (χ1v) is 7.09. The van der Waals surface area contributed by atoms with Crippen molar-refractivity contribution in [2.45, 2.75) is 25.8 Å². The van der Waals surface area contributed by atoms with E-state index in [9.17, 15) is 4.79 Å². The zero-order valence-corrected chi connectivity index (χ0v) is 10.7. The first kappa shape index (κ1) is 13.8. The Morgan fingerprint density at radius 3 is 3.12 bits per heavy atom. The summed E-state index contributed by atoms with van der Waals surface area (Å²) in [4.78, 5) is 11.7. The van der Waals surface area contributed by atoms with Crippen molar-refractivity contribution in [1.29, 1.82) is 0 Å². The van der Waals surface area contributed by atoms with E-state index in [1.54, 1.807) is 0 Å². The zero-order valence-electron chi connectivity index (χ0n) is 9.87. The molecule has 1 aliphatic heterocycles. The monoisotopic (exact) mass is 246 g/mol. The Morgan fingerprint density at radius 2 is 2.50 bits per heavy atom. The lowest BCUT2D eigenvalue weighted by atomic mass is 10.1. The molecule has 0 aromatic heterocycles. The summed E-state index contributed by atoms with van der Waals surface area (Å²) in [5, 5.41) is 15.0. The number of aliphatic hydroxyl groups excluding tert-OH is 1. The second-order valence-corrected chi connectivity index (χ2v) is 5.45. The summed E-state index contributed by atoms with van der Waals surface area (Å²) in [6, 6.07) is -0.0194. The van der Waals surface area contributed by atoms with Gasteiger partial charge in [0, 0.05) is 31.2 Å². The van der Waals surface area contributed by atoms with Crippen LogP contribution in [0.1, 0.15) is 19.8 Å². The fraction of sp³-hybridized carbons (Fsp3) is 0.909. The molecule has 2 unspecified atom stereocenters. The van der Waals surface area contributed by atoms with Crippen LogP contribution in [0.3, 0.4) is 0 Å². The molecule has 1 rings (SSSR count). The molecule has 0 radical (unpaired) electrons. The van der Waals surface area contributed by atoms with Crippen LogP contribution in [0.25, 0.3) is 0 Å². The molecule has 1 amide bonds. The third kappa shape index (κ3) is 5.18. The highest BCUT2D eigenvalue weighted by atomic mass is 32.2. The van der Waals surface area contributed by atoms with E-state index >= 15 is 0 Å². The largest absolute Gasteiger partial charge is 0.396 e. The number of carbonyl (C=O) groups excluding carboxylic acids is 1. The molecule has 0 aromatic rings. The van der Waals surface area contributed by atoms with Crippen molar-refractivity contribution in [3.05, 3.63) is 0 Å². The second-order valence-electron chi connectivity index (χ2n) is 4.30. The van der Waals surface area contributed by atoms with Crippen LogP contribution in [0, 0.1) is 5.92 Å². The Hall–Kier alpha value is -0.260. The highest BCUT2D eigenvalue weighted by molar-refractivity contribution is 7.99. The summed E-state index contributed by atoms with van der Waals surface area (Å²) >= 11 is 1.82. The minimum atomic E-state index is -0.0194. The summed E-state index contributed by atoms with van der Waals surface area (Å²) in [7, 11) is 0. The number of hydrogen-bond acceptors (Lipinski definition) is 4. The van der Waals surface area contributed by atoms with Gasteiger partial charge in [0.1, 0.15) is 0 Å². The van der Waals surface area contributed by atoms with Gasteiger partial charge in [-0.05, 0) is 18.8 Å². The SMILES string of the molecule is CC(CO)CCCNC(=O)C1CSCCN1. The van der Waals surface area contributed by atoms with Gasteiger partial charge in [0.2, 0.25) is 5.91 Å². The number of hydrogen-bond donors (Lipinski definition) is 3. The van der Waals surface area contributed by atoms with Crippen molar-refractivity contribution >= 4 is 17.7 Å². The molecular formula is C11H22N2O2S. The highest BCUT2D eigenvalue weighted by Gasteiger charge is 2.19. The molecule has 1 fully saturated rings.